The predicted molar refractivity (Wildman–Crippen MR) is 73.6 cm³/mol. The number of nitro benzene ring substituents is 1. The van der Waals surface area contributed by atoms with Crippen molar-refractivity contribution in [1.29, 1.82) is 0 Å². The molecule has 2 saturated carbocycles. The zero-order chi connectivity index (χ0) is 13.9. The lowest BCUT2D eigenvalue weighted by Crippen LogP contribution is -2.12. The van der Waals surface area contributed by atoms with Crippen LogP contribution in [0.4, 0.5) is 5.69 Å². The highest BCUT2D eigenvalue weighted by molar-refractivity contribution is 6.09. The molecule has 2 aromatic rings. The summed E-state index contributed by atoms with van der Waals surface area (Å²) in [6, 6.07) is 4.62. The van der Waals surface area contributed by atoms with Crippen molar-refractivity contribution in [2.45, 2.75) is 19.3 Å². The lowest BCUT2D eigenvalue weighted by atomic mass is 9.93. The van der Waals surface area contributed by atoms with Crippen LogP contribution in [0, 0.1) is 27.9 Å². The normalized spacial score (nSPS) is 27.5. The van der Waals surface area contributed by atoms with Crippen LogP contribution in [0.1, 0.15) is 29.6 Å². The monoisotopic (exact) mass is 270 g/mol. The Labute approximate surface area is 115 Å². The van der Waals surface area contributed by atoms with Crippen molar-refractivity contribution in [3.8, 4) is 0 Å². The van der Waals surface area contributed by atoms with Gasteiger partial charge in [0, 0.05) is 35.2 Å². The number of hydrogen-bond acceptors (Lipinski definition) is 3. The van der Waals surface area contributed by atoms with Crippen molar-refractivity contribution >= 4 is 22.4 Å². The van der Waals surface area contributed by atoms with Crippen molar-refractivity contribution in [1.82, 2.24) is 4.98 Å². The van der Waals surface area contributed by atoms with E-state index in [1.165, 1.54) is 18.6 Å². The number of carbonyl (C=O) groups is 1. The molecule has 0 radical (unpaired) electrons. The molecule has 5 heteroatoms. The smallest absolute Gasteiger partial charge is 0.271 e. The number of non-ortho nitro benzene ring substituents is 1. The summed E-state index contributed by atoms with van der Waals surface area (Å²) in [5.41, 5.74) is 1.38. The first kappa shape index (κ1) is 11.6. The van der Waals surface area contributed by atoms with E-state index in [0.717, 1.165) is 30.1 Å². The third-order valence-corrected chi connectivity index (χ3v) is 4.76. The van der Waals surface area contributed by atoms with E-state index in [-0.39, 0.29) is 17.4 Å². The highest BCUT2D eigenvalue weighted by Gasteiger charge is 2.48. The molecule has 2 fully saturated rings. The maximum Gasteiger partial charge on any atom is 0.271 e. The number of nitrogens with one attached hydrogen (secondary N) is 1. The molecular formula is C15H14N2O3. The van der Waals surface area contributed by atoms with Crippen molar-refractivity contribution in [3.05, 3.63) is 40.1 Å². The summed E-state index contributed by atoms with van der Waals surface area (Å²) >= 11 is 0. The van der Waals surface area contributed by atoms with Gasteiger partial charge in [-0.15, -0.1) is 0 Å². The molecule has 20 heavy (non-hydrogen) atoms. The first-order chi connectivity index (χ1) is 9.63. The Balaban J connectivity index is 1.69. The summed E-state index contributed by atoms with van der Waals surface area (Å²) in [4.78, 5) is 25.9. The Morgan fingerprint density at radius 1 is 1.25 bits per heavy atom. The molecular weight excluding hydrogens is 256 g/mol. The quantitative estimate of drug-likeness (QED) is 0.528. The molecule has 0 saturated heterocycles. The average Bonchev–Trinajstić information content (AvgIpc) is 2.89. The van der Waals surface area contributed by atoms with Crippen LogP contribution in [0.2, 0.25) is 0 Å². The molecule has 0 spiro atoms. The minimum Gasteiger partial charge on any atom is -0.360 e. The van der Waals surface area contributed by atoms with Crippen LogP contribution in [-0.4, -0.2) is 15.7 Å². The molecule has 2 atom stereocenters. The molecule has 2 aliphatic rings. The molecule has 2 unspecified atom stereocenters. The summed E-state index contributed by atoms with van der Waals surface area (Å²) in [7, 11) is 0. The van der Waals surface area contributed by atoms with E-state index in [1.807, 2.05) is 0 Å². The van der Waals surface area contributed by atoms with Gasteiger partial charge in [-0.05, 0) is 37.2 Å². The van der Waals surface area contributed by atoms with Crippen LogP contribution in [0.25, 0.3) is 10.9 Å². The van der Waals surface area contributed by atoms with Crippen LogP contribution in [-0.2, 0) is 0 Å². The first-order valence-corrected chi connectivity index (χ1v) is 6.93. The van der Waals surface area contributed by atoms with E-state index in [2.05, 4.69) is 4.98 Å². The maximum atomic E-state index is 12.6. The van der Waals surface area contributed by atoms with Gasteiger partial charge in [-0.3, -0.25) is 14.9 Å². The Morgan fingerprint density at radius 3 is 2.70 bits per heavy atom. The van der Waals surface area contributed by atoms with Gasteiger partial charge in [-0.25, -0.2) is 0 Å². The van der Waals surface area contributed by atoms with E-state index >= 15 is 0 Å². The van der Waals surface area contributed by atoms with Crippen molar-refractivity contribution in [3.63, 3.8) is 0 Å². The summed E-state index contributed by atoms with van der Waals surface area (Å²) in [6.07, 6.45) is 5.02. The highest BCUT2D eigenvalue weighted by Crippen LogP contribution is 2.55. The molecule has 0 amide bonds. The second-order valence-corrected chi connectivity index (χ2v) is 5.98. The SMILES string of the molecule is O=C(c1c[nH]c2cc([N+](=O)[O-])ccc12)C1CC2CC2C1. The molecule has 0 bridgehead atoms. The fourth-order valence-electron chi connectivity index (χ4n) is 3.58. The third-order valence-electron chi connectivity index (χ3n) is 4.76. The van der Waals surface area contributed by atoms with Gasteiger partial charge in [0.15, 0.2) is 5.78 Å². The summed E-state index contributed by atoms with van der Waals surface area (Å²) in [5.74, 6) is 1.88. The van der Waals surface area contributed by atoms with Crippen molar-refractivity contribution in [2.75, 3.05) is 0 Å². The van der Waals surface area contributed by atoms with Crippen LogP contribution in [0.15, 0.2) is 24.4 Å². The van der Waals surface area contributed by atoms with E-state index in [4.69, 9.17) is 0 Å². The van der Waals surface area contributed by atoms with Crippen molar-refractivity contribution < 1.29 is 9.72 Å². The molecule has 1 N–H and O–H groups in total. The molecule has 2 aliphatic carbocycles. The summed E-state index contributed by atoms with van der Waals surface area (Å²) < 4.78 is 0. The fourth-order valence-corrected chi connectivity index (χ4v) is 3.58. The van der Waals surface area contributed by atoms with Gasteiger partial charge in [0.05, 0.1) is 10.4 Å². The summed E-state index contributed by atoms with van der Waals surface area (Å²) in [5, 5.41) is 11.6. The van der Waals surface area contributed by atoms with Crippen LogP contribution in [0.5, 0.6) is 0 Å². The topological polar surface area (TPSA) is 76.0 Å². The summed E-state index contributed by atoms with van der Waals surface area (Å²) in [6.45, 7) is 0. The number of ketones is 1. The van der Waals surface area contributed by atoms with Crippen molar-refractivity contribution in [2.24, 2.45) is 17.8 Å². The number of hydrogen-bond donors (Lipinski definition) is 1. The molecule has 102 valence electrons. The number of nitrogens with zero attached hydrogens (tertiary/aromatic N) is 1. The fraction of sp³-hybridized carbons (Fsp3) is 0.400. The second kappa shape index (κ2) is 3.91. The number of H-pyrrole nitrogens is 1. The number of aromatic nitrogens is 1. The Kier molecular flexibility index (Phi) is 2.28. The maximum absolute atomic E-state index is 12.6. The Hall–Kier alpha value is -2.17. The molecule has 1 aromatic heterocycles. The van der Waals surface area contributed by atoms with Gasteiger partial charge in [0.1, 0.15) is 0 Å². The standard InChI is InChI=1S/C15H14N2O3/c18-15(10-4-8-3-9(8)5-10)13-7-16-14-6-11(17(19)20)1-2-12(13)14/h1-2,6-10,16H,3-5H2. The second-order valence-electron chi connectivity index (χ2n) is 5.98. The third kappa shape index (κ3) is 1.66. The predicted octanol–water partition coefficient (Wildman–Crippen LogP) is 3.30. The number of benzene rings is 1. The van der Waals surface area contributed by atoms with Gasteiger partial charge < -0.3 is 4.98 Å². The number of fused-ring (bicyclic) bond motifs is 2. The first-order valence-electron chi connectivity index (χ1n) is 6.93. The lowest BCUT2D eigenvalue weighted by Gasteiger charge is -2.09. The van der Waals surface area contributed by atoms with Gasteiger partial charge in [0.25, 0.3) is 5.69 Å². The molecule has 4 rings (SSSR count). The molecule has 5 nitrogen and oxygen atoms in total. The largest absolute Gasteiger partial charge is 0.360 e. The lowest BCUT2D eigenvalue weighted by molar-refractivity contribution is -0.384. The van der Waals surface area contributed by atoms with Crippen LogP contribution in [0.3, 0.4) is 0 Å². The number of Topliss-reactive ketones (excluding diaryl/α,β-unsaturated/α-hetero) is 1. The minimum atomic E-state index is -0.424. The number of rotatable bonds is 3. The number of carbonyl (C=O) groups excluding carboxylic acids is 1. The minimum absolute atomic E-state index is 0.0421. The van der Waals surface area contributed by atoms with E-state index < -0.39 is 4.92 Å². The number of nitro groups is 1. The van der Waals surface area contributed by atoms with E-state index in [0.29, 0.717) is 11.1 Å². The van der Waals surface area contributed by atoms with E-state index in [9.17, 15) is 14.9 Å². The Bertz CT molecular complexity index is 724. The average molecular weight is 270 g/mol. The molecule has 0 aliphatic heterocycles. The zero-order valence-corrected chi connectivity index (χ0v) is 10.8. The van der Waals surface area contributed by atoms with E-state index in [1.54, 1.807) is 12.3 Å². The molecule has 1 aromatic carbocycles. The van der Waals surface area contributed by atoms with Crippen LogP contribution >= 0.6 is 0 Å². The number of aromatic amines is 1. The zero-order valence-electron chi connectivity index (χ0n) is 10.8. The van der Waals surface area contributed by atoms with Crippen LogP contribution < -0.4 is 0 Å². The Morgan fingerprint density at radius 2 is 2.00 bits per heavy atom. The van der Waals surface area contributed by atoms with Gasteiger partial charge in [-0.1, -0.05) is 0 Å². The molecule has 1 heterocycles. The van der Waals surface area contributed by atoms with Gasteiger partial charge in [0.2, 0.25) is 0 Å². The van der Waals surface area contributed by atoms with Gasteiger partial charge >= 0.3 is 0 Å². The van der Waals surface area contributed by atoms with Gasteiger partial charge in [-0.2, -0.15) is 0 Å². The highest BCUT2D eigenvalue weighted by atomic mass is 16.6.